The number of anilines is 1. The van der Waals surface area contributed by atoms with Gasteiger partial charge in [0.25, 0.3) is 5.56 Å². The van der Waals surface area contributed by atoms with Crippen molar-refractivity contribution in [1.29, 1.82) is 0 Å². The largest absolute Gasteiger partial charge is 0.489 e. The fraction of sp³-hybridized carbons (Fsp3) is 0.261. The molecule has 0 saturated carbocycles. The van der Waals surface area contributed by atoms with Crippen molar-refractivity contribution in [2.45, 2.75) is 19.4 Å². The molecule has 7 heteroatoms. The molecule has 0 atom stereocenters. The Morgan fingerprint density at radius 2 is 1.60 bits per heavy atom. The summed E-state index contributed by atoms with van der Waals surface area (Å²) >= 11 is 0. The third-order valence-corrected chi connectivity index (χ3v) is 4.99. The van der Waals surface area contributed by atoms with Crippen LogP contribution in [0.5, 0.6) is 5.75 Å². The maximum atomic E-state index is 12.9. The van der Waals surface area contributed by atoms with E-state index in [-0.39, 0.29) is 24.0 Å². The first kappa shape index (κ1) is 21.1. The monoisotopic (exact) mass is 407 g/mol. The quantitative estimate of drug-likeness (QED) is 0.605. The van der Waals surface area contributed by atoms with Gasteiger partial charge >= 0.3 is 5.97 Å². The molecule has 156 valence electrons. The summed E-state index contributed by atoms with van der Waals surface area (Å²) in [5, 5.41) is 3.37. The number of hydrogen-bond donors (Lipinski definition) is 1. The number of carbonyl (C=O) groups is 1. The molecule has 3 rings (SSSR count). The van der Waals surface area contributed by atoms with Crippen molar-refractivity contribution in [3.63, 3.8) is 0 Å². The van der Waals surface area contributed by atoms with Crippen molar-refractivity contribution >= 4 is 11.9 Å². The maximum absolute atomic E-state index is 12.9. The number of aromatic nitrogens is 2. The molecule has 0 unspecified atom stereocenters. The van der Waals surface area contributed by atoms with Crippen LogP contribution in [0.2, 0.25) is 0 Å². The zero-order chi connectivity index (χ0) is 21.7. The van der Waals surface area contributed by atoms with Gasteiger partial charge in [-0.1, -0.05) is 60.7 Å². The number of rotatable bonds is 7. The lowest BCUT2D eigenvalue weighted by atomic mass is 9.84. The molecule has 0 radical (unpaired) electrons. The lowest BCUT2D eigenvalue weighted by Crippen LogP contribution is -2.37. The van der Waals surface area contributed by atoms with E-state index >= 15 is 0 Å². The zero-order valence-electron chi connectivity index (χ0n) is 17.5. The number of methoxy groups -OCH3 is 1. The summed E-state index contributed by atoms with van der Waals surface area (Å²) in [5.41, 5.74) is 0.577. The van der Waals surface area contributed by atoms with E-state index in [1.165, 1.54) is 11.7 Å². The third-order valence-electron chi connectivity index (χ3n) is 4.99. The van der Waals surface area contributed by atoms with E-state index in [0.29, 0.717) is 0 Å². The van der Waals surface area contributed by atoms with Crippen LogP contribution in [-0.4, -0.2) is 29.2 Å². The highest BCUT2D eigenvalue weighted by molar-refractivity contribution is 5.90. The molecule has 1 aromatic heterocycles. The van der Waals surface area contributed by atoms with Crippen LogP contribution >= 0.6 is 0 Å². The second-order valence-corrected chi connectivity index (χ2v) is 6.88. The lowest BCUT2D eigenvalue weighted by molar-refractivity contribution is 0.0514. The maximum Gasteiger partial charge on any atom is 0.361 e. The number of nitrogens with one attached hydrogen (secondary N) is 1. The molecule has 1 heterocycles. The Bertz CT molecular complexity index is 1040. The molecular weight excluding hydrogens is 382 g/mol. The summed E-state index contributed by atoms with van der Waals surface area (Å²) in [4.78, 5) is 29.7. The molecule has 30 heavy (non-hydrogen) atoms. The minimum atomic E-state index is -0.722. The van der Waals surface area contributed by atoms with Crippen molar-refractivity contribution in [2.75, 3.05) is 19.0 Å². The van der Waals surface area contributed by atoms with Gasteiger partial charge in [0.15, 0.2) is 5.69 Å². The second-order valence-electron chi connectivity index (χ2n) is 6.88. The van der Waals surface area contributed by atoms with Crippen molar-refractivity contribution in [3.8, 4) is 5.75 Å². The number of esters is 1. The van der Waals surface area contributed by atoms with Crippen LogP contribution in [0.1, 0.15) is 35.5 Å². The number of hydrogen-bond acceptors (Lipinski definition) is 6. The first-order valence-electron chi connectivity index (χ1n) is 9.63. The van der Waals surface area contributed by atoms with Crippen molar-refractivity contribution < 1.29 is 14.3 Å². The highest BCUT2D eigenvalue weighted by Gasteiger charge is 2.31. The smallest absolute Gasteiger partial charge is 0.361 e. The van der Waals surface area contributed by atoms with Gasteiger partial charge in [0.1, 0.15) is 0 Å². The van der Waals surface area contributed by atoms with E-state index < -0.39 is 17.1 Å². The fourth-order valence-electron chi connectivity index (χ4n) is 3.29. The van der Waals surface area contributed by atoms with Gasteiger partial charge in [-0.25, -0.2) is 9.78 Å². The van der Waals surface area contributed by atoms with E-state index in [0.717, 1.165) is 11.1 Å². The van der Waals surface area contributed by atoms with Crippen LogP contribution in [0.15, 0.2) is 65.5 Å². The number of nitrogens with zero attached hydrogens (tertiary/aromatic N) is 2. The van der Waals surface area contributed by atoms with E-state index in [2.05, 4.69) is 10.3 Å². The van der Waals surface area contributed by atoms with Crippen LogP contribution in [0.25, 0.3) is 0 Å². The predicted octanol–water partition coefficient (Wildman–Crippen LogP) is 3.34. The summed E-state index contributed by atoms with van der Waals surface area (Å²) in [6, 6.07) is 19.6. The molecule has 0 aliphatic heterocycles. The third kappa shape index (κ3) is 3.91. The molecule has 0 saturated heterocycles. The number of carbonyl (C=O) groups excluding carboxylic acids is 1. The highest BCUT2D eigenvalue weighted by atomic mass is 16.5. The van der Waals surface area contributed by atoms with Crippen LogP contribution in [0, 0.1) is 0 Å². The molecule has 3 aromatic rings. The van der Waals surface area contributed by atoms with E-state index in [4.69, 9.17) is 9.47 Å². The standard InChI is InChI=1S/C23H25N3O4/c1-5-30-21(28)18-19(29-4)20(27)26(3)22(24-18)25-23(2,16-12-8-6-9-13-16)17-14-10-7-11-15-17/h6-15H,5H2,1-4H3,(H,24,25). The lowest BCUT2D eigenvalue weighted by Gasteiger charge is -2.33. The summed E-state index contributed by atoms with van der Waals surface area (Å²) in [6.45, 7) is 3.85. The number of benzene rings is 2. The molecule has 0 aliphatic rings. The molecule has 1 N–H and O–H groups in total. The second kappa shape index (κ2) is 8.82. The van der Waals surface area contributed by atoms with Crippen molar-refractivity contribution in [1.82, 2.24) is 9.55 Å². The van der Waals surface area contributed by atoms with Crippen LogP contribution < -0.4 is 15.6 Å². The SMILES string of the molecule is CCOC(=O)c1nc(NC(C)(c2ccccc2)c2ccccc2)n(C)c(=O)c1OC. The van der Waals surface area contributed by atoms with Crippen molar-refractivity contribution in [2.24, 2.45) is 7.05 Å². The van der Waals surface area contributed by atoms with Crippen LogP contribution in [0.3, 0.4) is 0 Å². The zero-order valence-corrected chi connectivity index (χ0v) is 17.5. The molecule has 0 spiro atoms. The minimum Gasteiger partial charge on any atom is -0.489 e. The summed E-state index contributed by atoms with van der Waals surface area (Å²) in [6.07, 6.45) is 0. The van der Waals surface area contributed by atoms with Gasteiger partial charge in [0.2, 0.25) is 11.7 Å². The van der Waals surface area contributed by atoms with E-state index in [9.17, 15) is 9.59 Å². The van der Waals surface area contributed by atoms with Crippen LogP contribution in [0.4, 0.5) is 5.95 Å². The molecule has 0 aliphatic carbocycles. The average Bonchev–Trinajstić information content (AvgIpc) is 2.78. The molecular formula is C23H25N3O4. The Morgan fingerprint density at radius 3 is 2.07 bits per heavy atom. The average molecular weight is 407 g/mol. The van der Waals surface area contributed by atoms with Crippen LogP contribution in [-0.2, 0) is 17.3 Å². The fourth-order valence-corrected chi connectivity index (χ4v) is 3.29. The van der Waals surface area contributed by atoms with Gasteiger partial charge in [-0.15, -0.1) is 0 Å². The topological polar surface area (TPSA) is 82.5 Å². The normalized spacial score (nSPS) is 11.1. The van der Waals surface area contributed by atoms with Gasteiger partial charge in [0.05, 0.1) is 19.3 Å². The first-order chi connectivity index (χ1) is 14.4. The molecule has 0 amide bonds. The first-order valence-corrected chi connectivity index (χ1v) is 9.63. The van der Waals surface area contributed by atoms with Gasteiger partial charge < -0.3 is 14.8 Å². The summed E-state index contributed by atoms with van der Waals surface area (Å²) < 4.78 is 11.5. The Labute approximate surface area is 175 Å². The van der Waals surface area contributed by atoms with Gasteiger partial charge in [-0.2, -0.15) is 0 Å². The molecule has 0 bridgehead atoms. The Balaban J connectivity index is 2.18. The van der Waals surface area contributed by atoms with Gasteiger partial charge in [0, 0.05) is 7.05 Å². The highest BCUT2D eigenvalue weighted by Crippen LogP contribution is 2.32. The van der Waals surface area contributed by atoms with E-state index in [1.807, 2.05) is 67.6 Å². The van der Waals surface area contributed by atoms with Crippen molar-refractivity contribution in [3.05, 3.63) is 87.8 Å². The summed E-state index contributed by atoms with van der Waals surface area (Å²) in [5.74, 6) is -0.641. The Hall–Kier alpha value is -3.61. The number of ether oxygens (including phenoxy) is 2. The summed E-state index contributed by atoms with van der Waals surface area (Å²) in [7, 11) is 2.90. The Morgan fingerprint density at radius 1 is 1.07 bits per heavy atom. The minimum absolute atomic E-state index is 0.150. The van der Waals surface area contributed by atoms with E-state index in [1.54, 1.807) is 14.0 Å². The molecule has 0 fully saturated rings. The molecule has 2 aromatic carbocycles. The van der Waals surface area contributed by atoms with Gasteiger partial charge in [-0.3, -0.25) is 9.36 Å². The van der Waals surface area contributed by atoms with Gasteiger partial charge in [-0.05, 0) is 25.0 Å². The Kier molecular flexibility index (Phi) is 6.20. The molecule has 7 nitrogen and oxygen atoms in total. The predicted molar refractivity (Wildman–Crippen MR) is 115 cm³/mol.